The molecular formula is C21H22N4O2. The first-order valence-electron chi connectivity index (χ1n) is 9.68. The average molecular weight is 362 g/mol. The third-order valence-corrected chi connectivity index (χ3v) is 5.51. The van der Waals surface area contributed by atoms with Crippen LogP contribution in [0.25, 0.3) is 5.52 Å². The highest BCUT2D eigenvalue weighted by Gasteiger charge is 2.23. The minimum atomic E-state index is -0.0199. The Kier molecular flexibility index (Phi) is 3.85. The molecular weight excluding hydrogens is 340 g/mol. The average Bonchev–Trinajstić information content (AvgIpc) is 3.41. The quantitative estimate of drug-likeness (QED) is 0.774. The Morgan fingerprint density at radius 1 is 1.11 bits per heavy atom. The minimum absolute atomic E-state index is 0.00343. The van der Waals surface area contributed by atoms with E-state index in [4.69, 9.17) is 0 Å². The van der Waals surface area contributed by atoms with E-state index in [0.29, 0.717) is 23.7 Å². The Labute approximate surface area is 156 Å². The van der Waals surface area contributed by atoms with Gasteiger partial charge in [0, 0.05) is 29.6 Å². The van der Waals surface area contributed by atoms with Crippen LogP contribution in [0.1, 0.15) is 52.9 Å². The van der Waals surface area contributed by atoms with Crippen LogP contribution in [0.4, 0.5) is 0 Å². The van der Waals surface area contributed by atoms with Crippen molar-refractivity contribution in [2.75, 3.05) is 0 Å². The number of carbonyl (C=O) groups excluding carboxylic acids is 1. The number of nitrogens with zero attached hydrogens (tertiary/aromatic N) is 3. The van der Waals surface area contributed by atoms with Gasteiger partial charge in [0.2, 0.25) is 0 Å². The van der Waals surface area contributed by atoms with Gasteiger partial charge >= 0.3 is 0 Å². The van der Waals surface area contributed by atoms with Crippen molar-refractivity contribution in [2.24, 2.45) is 0 Å². The highest BCUT2D eigenvalue weighted by molar-refractivity contribution is 5.94. The first kappa shape index (κ1) is 16.3. The van der Waals surface area contributed by atoms with Crippen molar-refractivity contribution >= 4 is 11.4 Å². The first-order chi connectivity index (χ1) is 13.2. The normalized spacial score (nSPS) is 16.3. The van der Waals surface area contributed by atoms with E-state index in [9.17, 15) is 9.59 Å². The fourth-order valence-electron chi connectivity index (χ4n) is 3.83. The van der Waals surface area contributed by atoms with Crippen LogP contribution in [-0.2, 0) is 19.4 Å². The van der Waals surface area contributed by atoms with E-state index in [0.717, 1.165) is 55.3 Å². The number of hydrogen-bond donors (Lipinski definition) is 1. The van der Waals surface area contributed by atoms with Gasteiger partial charge in [-0.15, -0.1) is 0 Å². The number of aryl methyl sites for hydroxylation is 2. The topological polar surface area (TPSA) is 68.4 Å². The molecule has 5 rings (SSSR count). The Bertz CT molecular complexity index is 1070. The number of fused-ring (bicyclic) bond motifs is 3. The Morgan fingerprint density at radius 3 is 2.67 bits per heavy atom. The first-order valence-corrected chi connectivity index (χ1v) is 9.68. The minimum Gasteiger partial charge on any atom is -0.349 e. The molecule has 2 aliphatic carbocycles. The van der Waals surface area contributed by atoms with E-state index >= 15 is 0 Å². The van der Waals surface area contributed by atoms with Gasteiger partial charge in [0.25, 0.3) is 11.5 Å². The molecule has 0 spiro atoms. The van der Waals surface area contributed by atoms with E-state index < -0.39 is 0 Å². The molecule has 6 heteroatoms. The lowest BCUT2D eigenvalue weighted by Gasteiger charge is -2.10. The van der Waals surface area contributed by atoms with Crippen molar-refractivity contribution in [3.05, 3.63) is 69.4 Å². The number of hydrogen-bond acceptors (Lipinski definition) is 3. The standard InChI is InChI=1S/C21H22N4O2/c26-20(22-16-9-10-16)15-7-5-14(6-8-15)13-24-11-12-25-19(21(24)27)17-3-1-2-4-18(17)23-25/h5-8,11-12,16H,1-4,9-10,13H2,(H,22,26). The highest BCUT2D eigenvalue weighted by Crippen LogP contribution is 2.23. The van der Waals surface area contributed by atoms with Crippen LogP contribution in [0.2, 0.25) is 0 Å². The maximum absolute atomic E-state index is 13.0. The number of nitrogens with one attached hydrogen (secondary N) is 1. The second-order valence-corrected chi connectivity index (χ2v) is 7.60. The van der Waals surface area contributed by atoms with Crippen LogP contribution in [0.15, 0.2) is 41.5 Å². The highest BCUT2D eigenvalue weighted by atomic mass is 16.1. The monoisotopic (exact) mass is 362 g/mol. The molecule has 0 atom stereocenters. The molecule has 2 aliphatic rings. The zero-order chi connectivity index (χ0) is 18.4. The molecule has 2 aromatic heterocycles. The maximum atomic E-state index is 13.0. The predicted molar refractivity (Wildman–Crippen MR) is 102 cm³/mol. The van der Waals surface area contributed by atoms with Gasteiger partial charge in [-0.2, -0.15) is 5.10 Å². The Balaban J connectivity index is 1.41. The number of benzene rings is 1. The maximum Gasteiger partial charge on any atom is 0.277 e. The van der Waals surface area contributed by atoms with Crippen molar-refractivity contribution in [3.8, 4) is 0 Å². The molecule has 138 valence electrons. The summed E-state index contributed by atoms with van der Waals surface area (Å²) in [5.41, 5.74) is 4.57. The number of aromatic nitrogens is 3. The molecule has 0 radical (unpaired) electrons. The van der Waals surface area contributed by atoms with Crippen LogP contribution in [0, 0.1) is 0 Å². The van der Waals surface area contributed by atoms with E-state index in [1.165, 1.54) is 0 Å². The molecule has 1 fully saturated rings. The molecule has 0 aliphatic heterocycles. The van der Waals surface area contributed by atoms with Gasteiger partial charge in [0.1, 0.15) is 5.52 Å². The van der Waals surface area contributed by atoms with Gasteiger partial charge in [-0.25, -0.2) is 4.52 Å². The molecule has 1 amide bonds. The summed E-state index contributed by atoms with van der Waals surface area (Å²) in [5, 5.41) is 7.57. The van der Waals surface area contributed by atoms with Crippen LogP contribution in [0.5, 0.6) is 0 Å². The van der Waals surface area contributed by atoms with E-state index in [1.54, 1.807) is 15.3 Å². The number of carbonyl (C=O) groups is 1. The van der Waals surface area contributed by atoms with Crippen LogP contribution in [0.3, 0.4) is 0 Å². The van der Waals surface area contributed by atoms with Gasteiger partial charge in [-0.3, -0.25) is 9.59 Å². The fourth-order valence-corrected chi connectivity index (χ4v) is 3.83. The fraction of sp³-hybridized carbons (Fsp3) is 0.381. The lowest BCUT2D eigenvalue weighted by Crippen LogP contribution is -2.25. The van der Waals surface area contributed by atoms with E-state index in [2.05, 4.69) is 10.4 Å². The van der Waals surface area contributed by atoms with Gasteiger partial charge in [0.05, 0.1) is 12.2 Å². The Hall–Kier alpha value is -2.89. The van der Waals surface area contributed by atoms with Crippen LogP contribution in [-0.4, -0.2) is 26.1 Å². The molecule has 0 saturated heterocycles. The number of rotatable bonds is 4. The Morgan fingerprint density at radius 2 is 1.89 bits per heavy atom. The summed E-state index contributed by atoms with van der Waals surface area (Å²) >= 11 is 0. The third-order valence-electron chi connectivity index (χ3n) is 5.51. The molecule has 0 unspecified atom stereocenters. The SMILES string of the molecule is O=C(NC1CC1)c1ccc(Cn2ccn3nc4c(c3c2=O)CCCC4)cc1. The molecule has 1 saturated carbocycles. The molecule has 0 bridgehead atoms. The summed E-state index contributed by atoms with van der Waals surface area (Å²) in [7, 11) is 0. The lowest BCUT2D eigenvalue weighted by atomic mass is 9.97. The molecule has 27 heavy (non-hydrogen) atoms. The second-order valence-electron chi connectivity index (χ2n) is 7.60. The second kappa shape index (κ2) is 6.37. The predicted octanol–water partition coefficient (Wildman–Crippen LogP) is 2.32. The van der Waals surface area contributed by atoms with Gasteiger partial charge in [-0.05, 0) is 56.2 Å². The molecule has 1 aromatic carbocycles. The van der Waals surface area contributed by atoms with Crippen molar-refractivity contribution in [1.29, 1.82) is 0 Å². The zero-order valence-electron chi connectivity index (χ0n) is 15.1. The van der Waals surface area contributed by atoms with Crippen molar-refractivity contribution in [2.45, 2.75) is 51.1 Å². The molecule has 3 aromatic rings. The van der Waals surface area contributed by atoms with Crippen molar-refractivity contribution < 1.29 is 4.79 Å². The summed E-state index contributed by atoms with van der Waals surface area (Å²) < 4.78 is 3.46. The van der Waals surface area contributed by atoms with Crippen LogP contribution < -0.4 is 10.9 Å². The van der Waals surface area contributed by atoms with Gasteiger partial charge in [0.15, 0.2) is 0 Å². The van der Waals surface area contributed by atoms with Gasteiger partial charge < -0.3 is 9.88 Å². The van der Waals surface area contributed by atoms with E-state index in [1.807, 2.05) is 30.5 Å². The summed E-state index contributed by atoms with van der Waals surface area (Å²) in [5.74, 6) is -0.0199. The van der Waals surface area contributed by atoms with Crippen LogP contribution >= 0.6 is 0 Å². The smallest absolute Gasteiger partial charge is 0.277 e. The largest absolute Gasteiger partial charge is 0.349 e. The van der Waals surface area contributed by atoms with Crippen molar-refractivity contribution in [1.82, 2.24) is 19.5 Å². The lowest BCUT2D eigenvalue weighted by molar-refractivity contribution is 0.0951. The summed E-state index contributed by atoms with van der Waals surface area (Å²) in [6.45, 7) is 0.486. The molecule has 2 heterocycles. The zero-order valence-corrected chi connectivity index (χ0v) is 15.1. The third kappa shape index (κ3) is 3.05. The summed E-state index contributed by atoms with van der Waals surface area (Å²) in [4.78, 5) is 25.1. The van der Waals surface area contributed by atoms with Crippen molar-refractivity contribution in [3.63, 3.8) is 0 Å². The summed E-state index contributed by atoms with van der Waals surface area (Å²) in [6.07, 6.45) is 9.97. The molecule has 6 nitrogen and oxygen atoms in total. The summed E-state index contributed by atoms with van der Waals surface area (Å²) in [6, 6.07) is 7.85. The molecule has 1 N–H and O–H groups in total. The van der Waals surface area contributed by atoms with Gasteiger partial charge in [-0.1, -0.05) is 12.1 Å². The number of amides is 1. The van der Waals surface area contributed by atoms with E-state index in [-0.39, 0.29) is 11.5 Å².